The topological polar surface area (TPSA) is 108 Å². The molecule has 2 aromatic carbocycles. The number of aliphatic hydroxyl groups is 1. The number of hydrogen-bond donors (Lipinski definition) is 3. The number of benzene rings is 2. The summed E-state index contributed by atoms with van der Waals surface area (Å²) in [6, 6.07) is 13.5. The molecule has 3 heterocycles. The van der Waals surface area contributed by atoms with E-state index in [1.165, 1.54) is 4.90 Å². The maximum Gasteiger partial charge on any atom is 0.250 e. The lowest BCUT2D eigenvalue weighted by Gasteiger charge is -2.34. The number of carbonyl (C=O) groups is 3. The normalized spacial score (nSPS) is 29.9. The number of anilines is 2. The lowest BCUT2D eigenvalue weighted by atomic mass is 9.65. The number of halogens is 1. The summed E-state index contributed by atoms with van der Waals surface area (Å²) in [5, 5.41) is 15.8. The molecule has 9 heteroatoms. The number of amides is 3. The molecule has 5 rings (SSSR count). The molecule has 0 radical (unpaired) electrons. The summed E-state index contributed by atoms with van der Waals surface area (Å²) >= 11 is 6.39. The molecule has 3 aliphatic rings. The first-order valence-corrected chi connectivity index (χ1v) is 13.2. The Hall–Kier alpha value is -2.94. The van der Waals surface area contributed by atoms with Gasteiger partial charge in [-0.3, -0.25) is 14.4 Å². The zero-order valence-corrected chi connectivity index (χ0v) is 21.8. The van der Waals surface area contributed by atoms with E-state index in [2.05, 4.69) is 10.6 Å². The van der Waals surface area contributed by atoms with Crippen molar-refractivity contribution in [3.05, 3.63) is 59.1 Å². The third kappa shape index (κ3) is 4.02. The number of rotatable bonds is 8. The van der Waals surface area contributed by atoms with Gasteiger partial charge in [-0.2, -0.15) is 0 Å². The highest BCUT2D eigenvalue weighted by atomic mass is 35.5. The molecule has 37 heavy (non-hydrogen) atoms. The van der Waals surface area contributed by atoms with Gasteiger partial charge in [-0.05, 0) is 56.4 Å². The fourth-order valence-electron chi connectivity index (χ4n) is 6.62. The molecule has 3 amide bonds. The van der Waals surface area contributed by atoms with Crippen molar-refractivity contribution in [2.24, 2.45) is 11.8 Å². The second-order valence-corrected chi connectivity index (χ2v) is 10.6. The Bertz CT molecular complexity index is 1200. The number of hydrogen-bond acceptors (Lipinski definition) is 5. The Balaban J connectivity index is 1.53. The molecule has 5 atom stereocenters. The highest BCUT2D eigenvalue weighted by Crippen LogP contribution is 2.64. The average molecular weight is 526 g/mol. The molecular weight excluding hydrogens is 494 g/mol. The molecule has 2 aromatic rings. The van der Waals surface area contributed by atoms with E-state index in [1.807, 2.05) is 38.1 Å². The van der Waals surface area contributed by atoms with Gasteiger partial charge in [-0.15, -0.1) is 0 Å². The van der Waals surface area contributed by atoms with Gasteiger partial charge in [-0.25, -0.2) is 0 Å². The van der Waals surface area contributed by atoms with Gasteiger partial charge in [0.1, 0.15) is 11.6 Å². The largest absolute Gasteiger partial charge is 0.396 e. The molecule has 0 saturated carbocycles. The fourth-order valence-corrected chi connectivity index (χ4v) is 6.89. The molecule has 3 fully saturated rings. The van der Waals surface area contributed by atoms with Gasteiger partial charge < -0.3 is 25.4 Å². The first kappa shape index (κ1) is 25.7. The summed E-state index contributed by atoms with van der Waals surface area (Å²) in [5.74, 6) is -2.51. The number of fused-ring (bicyclic) bond motifs is 1. The highest BCUT2D eigenvalue weighted by Gasteiger charge is 2.78. The van der Waals surface area contributed by atoms with E-state index in [4.69, 9.17) is 16.3 Å². The first-order valence-electron chi connectivity index (χ1n) is 12.8. The van der Waals surface area contributed by atoms with Gasteiger partial charge in [-0.1, -0.05) is 48.9 Å². The van der Waals surface area contributed by atoms with Crippen LogP contribution in [0.5, 0.6) is 0 Å². The summed E-state index contributed by atoms with van der Waals surface area (Å²) in [4.78, 5) is 43.1. The summed E-state index contributed by atoms with van der Waals surface area (Å²) in [7, 11) is 0. The van der Waals surface area contributed by atoms with Crippen LogP contribution >= 0.6 is 11.6 Å². The van der Waals surface area contributed by atoms with Crippen LogP contribution in [-0.4, -0.2) is 58.1 Å². The fraction of sp³-hybridized carbons (Fsp3) is 0.464. The molecule has 1 spiro atoms. The molecule has 2 unspecified atom stereocenters. The van der Waals surface area contributed by atoms with Crippen LogP contribution in [0, 0.1) is 18.8 Å². The summed E-state index contributed by atoms with van der Waals surface area (Å²) in [6.45, 7) is 3.86. The second-order valence-electron chi connectivity index (χ2n) is 10.2. The van der Waals surface area contributed by atoms with Crippen LogP contribution in [-0.2, 0) is 19.1 Å². The van der Waals surface area contributed by atoms with Crippen molar-refractivity contribution in [2.75, 3.05) is 23.8 Å². The van der Waals surface area contributed by atoms with Crippen LogP contribution in [0.25, 0.3) is 0 Å². The minimum Gasteiger partial charge on any atom is -0.396 e. The Kier molecular flexibility index (Phi) is 6.77. The second kappa shape index (κ2) is 9.74. The zero-order chi connectivity index (χ0) is 26.4. The number of aryl methyl sites for hydroxylation is 1. The van der Waals surface area contributed by atoms with Crippen molar-refractivity contribution in [2.45, 2.75) is 56.8 Å². The number of likely N-dealkylation sites (tertiary alicyclic amines) is 1. The van der Waals surface area contributed by atoms with Crippen molar-refractivity contribution in [1.82, 2.24) is 4.90 Å². The van der Waals surface area contributed by atoms with Crippen molar-refractivity contribution in [1.29, 1.82) is 0 Å². The van der Waals surface area contributed by atoms with Crippen molar-refractivity contribution in [3.63, 3.8) is 0 Å². The molecule has 8 nitrogen and oxygen atoms in total. The molecule has 2 bridgehead atoms. The zero-order valence-electron chi connectivity index (χ0n) is 21.0. The van der Waals surface area contributed by atoms with Gasteiger partial charge >= 0.3 is 0 Å². The molecule has 3 aliphatic heterocycles. The standard InChI is InChI=1S/C28H32ClN3O5/c1-3-27-13-14-28(37-27)21(20(27)24(34)30-18-10-5-4-6-11-18)26(36)32(15-8-16-33)23(28)25(35)31-22-17(2)9-7-12-19(22)29/h4-7,9-12,20-21,23,33H,3,8,13-16H2,1-2H3,(H,30,34)(H,31,35)/t20-,21+,23?,27+,28?/m1/s1. The number of nitrogens with one attached hydrogen (secondary N) is 2. The van der Waals surface area contributed by atoms with Gasteiger partial charge in [0.15, 0.2) is 0 Å². The highest BCUT2D eigenvalue weighted by molar-refractivity contribution is 6.34. The van der Waals surface area contributed by atoms with E-state index in [0.717, 1.165) is 5.56 Å². The lowest BCUT2D eigenvalue weighted by Crippen LogP contribution is -2.53. The lowest BCUT2D eigenvalue weighted by molar-refractivity contribution is -0.144. The average Bonchev–Trinajstić information content (AvgIpc) is 3.49. The van der Waals surface area contributed by atoms with E-state index in [-0.39, 0.29) is 25.0 Å². The van der Waals surface area contributed by atoms with Gasteiger partial charge in [0.05, 0.1) is 28.1 Å². The van der Waals surface area contributed by atoms with Crippen molar-refractivity contribution in [3.8, 4) is 0 Å². The third-order valence-electron chi connectivity index (χ3n) is 8.28. The molecule has 0 aromatic heterocycles. The van der Waals surface area contributed by atoms with E-state index < -0.39 is 35.0 Å². The minimum absolute atomic E-state index is 0.128. The van der Waals surface area contributed by atoms with Gasteiger partial charge in [0.25, 0.3) is 0 Å². The number of nitrogens with zero attached hydrogens (tertiary/aromatic N) is 1. The van der Waals surface area contributed by atoms with Crippen LogP contribution in [0.2, 0.25) is 5.02 Å². The maximum absolute atomic E-state index is 14.0. The molecular formula is C28H32ClN3O5. The third-order valence-corrected chi connectivity index (χ3v) is 8.60. The molecule has 3 N–H and O–H groups in total. The van der Waals surface area contributed by atoms with Crippen molar-refractivity contribution < 1.29 is 24.2 Å². The predicted octanol–water partition coefficient (Wildman–Crippen LogP) is 3.76. The van der Waals surface area contributed by atoms with E-state index >= 15 is 0 Å². The first-order chi connectivity index (χ1) is 17.8. The van der Waals surface area contributed by atoms with E-state index in [1.54, 1.807) is 24.3 Å². The molecule has 0 aliphatic carbocycles. The van der Waals surface area contributed by atoms with Crippen LogP contribution in [0.1, 0.15) is 38.2 Å². The Labute approximate surface area is 221 Å². The molecule has 196 valence electrons. The van der Waals surface area contributed by atoms with E-state index in [0.29, 0.717) is 42.1 Å². The maximum atomic E-state index is 14.0. The van der Waals surface area contributed by atoms with Gasteiger partial charge in [0.2, 0.25) is 17.7 Å². The minimum atomic E-state index is -1.14. The van der Waals surface area contributed by atoms with E-state index in [9.17, 15) is 19.5 Å². The van der Waals surface area contributed by atoms with Crippen LogP contribution in [0.15, 0.2) is 48.5 Å². The Morgan fingerprint density at radius 3 is 2.54 bits per heavy atom. The predicted molar refractivity (Wildman–Crippen MR) is 140 cm³/mol. The molecule has 3 saturated heterocycles. The summed E-state index contributed by atoms with van der Waals surface area (Å²) in [5.41, 5.74) is -0.0500. The van der Waals surface area contributed by atoms with Crippen LogP contribution < -0.4 is 10.6 Å². The SMILES string of the molecule is CC[C@@]12CCC3(O1)C(C(=O)Nc1c(C)cccc1Cl)N(CCCO)C(=O)[C@@H]3[C@@H]2C(=O)Nc1ccccc1. The summed E-state index contributed by atoms with van der Waals surface area (Å²) < 4.78 is 6.73. The summed E-state index contributed by atoms with van der Waals surface area (Å²) in [6.07, 6.45) is 1.91. The Morgan fingerprint density at radius 1 is 1.11 bits per heavy atom. The number of para-hydroxylation sites is 2. The van der Waals surface area contributed by atoms with Crippen LogP contribution in [0.3, 0.4) is 0 Å². The Morgan fingerprint density at radius 2 is 1.86 bits per heavy atom. The monoisotopic (exact) mass is 525 g/mol. The number of aliphatic hydroxyl groups excluding tert-OH is 1. The smallest absolute Gasteiger partial charge is 0.250 e. The van der Waals surface area contributed by atoms with Crippen molar-refractivity contribution >= 4 is 40.7 Å². The van der Waals surface area contributed by atoms with Gasteiger partial charge in [0, 0.05) is 18.8 Å². The number of ether oxygens (including phenoxy) is 1. The number of carbonyl (C=O) groups excluding carboxylic acids is 3. The quantitative estimate of drug-likeness (QED) is 0.486. The van der Waals surface area contributed by atoms with Crippen LogP contribution in [0.4, 0.5) is 11.4 Å².